The Bertz CT molecular complexity index is 449. The Hall–Kier alpha value is -1.85. The zero-order valence-electron chi connectivity index (χ0n) is 8.72. The predicted molar refractivity (Wildman–Crippen MR) is 52.2 cm³/mol. The number of carbonyl (C=O) groups is 1. The van der Waals surface area contributed by atoms with Crippen molar-refractivity contribution in [2.75, 3.05) is 0 Å². The minimum absolute atomic E-state index is 0.0462. The second-order valence-electron chi connectivity index (χ2n) is 3.06. The maximum absolute atomic E-state index is 13.2. The highest BCUT2D eigenvalue weighted by Gasteiger charge is 2.32. The van der Waals surface area contributed by atoms with E-state index in [9.17, 15) is 22.4 Å². The van der Waals surface area contributed by atoms with Crippen molar-refractivity contribution in [2.45, 2.75) is 13.3 Å². The summed E-state index contributed by atoms with van der Waals surface area (Å²) in [7, 11) is 0. The van der Waals surface area contributed by atoms with Gasteiger partial charge < -0.3 is 4.74 Å². The van der Waals surface area contributed by atoms with Gasteiger partial charge in [0.2, 0.25) is 0 Å². The maximum Gasteiger partial charge on any atom is 0.573 e. The average Bonchev–Trinajstić information content (AvgIpc) is 2.19. The summed E-state index contributed by atoms with van der Waals surface area (Å²) in [6.45, 7) is 1.59. The number of allylic oxidation sites excluding steroid dienone is 2. The number of benzene rings is 1. The summed E-state index contributed by atoms with van der Waals surface area (Å²) in [6, 6.07) is 2.52. The van der Waals surface area contributed by atoms with Gasteiger partial charge in [-0.1, -0.05) is 6.08 Å². The van der Waals surface area contributed by atoms with E-state index in [0.29, 0.717) is 6.07 Å². The maximum atomic E-state index is 13.2. The summed E-state index contributed by atoms with van der Waals surface area (Å²) in [5.74, 6) is -2.70. The summed E-state index contributed by atoms with van der Waals surface area (Å²) in [5.41, 5.74) is -0.0462. The summed E-state index contributed by atoms with van der Waals surface area (Å²) < 4.78 is 52.1. The van der Waals surface area contributed by atoms with Crippen molar-refractivity contribution in [3.05, 3.63) is 41.7 Å². The molecule has 0 spiro atoms. The molecule has 1 rings (SSSR count). The molecule has 0 saturated heterocycles. The van der Waals surface area contributed by atoms with E-state index in [2.05, 4.69) is 4.74 Å². The van der Waals surface area contributed by atoms with Crippen LogP contribution >= 0.6 is 0 Å². The van der Waals surface area contributed by atoms with Crippen LogP contribution in [0, 0.1) is 5.82 Å². The molecule has 0 saturated carbocycles. The molecule has 0 N–H and O–H groups in total. The van der Waals surface area contributed by atoms with Gasteiger partial charge in [0, 0.05) is 5.56 Å². The molecule has 0 bridgehead atoms. The molecule has 0 fully saturated rings. The number of alkyl halides is 3. The highest BCUT2D eigenvalue weighted by Crippen LogP contribution is 2.26. The smallest absolute Gasteiger partial charge is 0.403 e. The van der Waals surface area contributed by atoms with E-state index in [-0.39, 0.29) is 5.56 Å². The Kier molecular flexibility index (Phi) is 3.88. The fourth-order valence-corrected chi connectivity index (χ4v) is 1.11. The van der Waals surface area contributed by atoms with Crippen LogP contribution in [0.2, 0.25) is 0 Å². The first-order valence-electron chi connectivity index (χ1n) is 4.56. The number of hydrogen-bond donors (Lipinski definition) is 0. The van der Waals surface area contributed by atoms with Crippen LogP contribution in [0.25, 0.3) is 0 Å². The Labute approximate surface area is 94.5 Å². The van der Waals surface area contributed by atoms with Crippen LogP contribution in [0.15, 0.2) is 30.4 Å². The molecule has 0 atom stereocenters. The van der Waals surface area contributed by atoms with Crippen molar-refractivity contribution in [1.82, 2.24) is 0 Å². The van der Waals surface area contributed by atoms with Crippen molar-refractivity contribution < 1.29 is 27.1 Å². The molecule has 0 heterocycles. The molecule has 0 aliphatic rings. The van der Waals surface area contributed by atoms with E-state index in [1.807, 2.05) is 0 Å². The Morgan fingerprint density at radius 3 is 2.47 bits per heavy atom. The van der Waals surface area contributed by atoms with Gasteiger partial charge in [-0.2, -0.15) is 0 Å². The largest absolute Gasteiger partial charge is 0.573 e. The van der Waals surface area contributed by atoms with Crippen LogP contribution in [-0.4, -0.2) is 12.1 Å². The molecule has 17 heavy (non-hydrogen) atoms. The zero-order valence-corrected chi connectivity index (χ0v) is 8.72. The van der Waals surface area contributed by atoms with Gasteiger partial charge in [0.05, 0.1) is 0 Å². The van der Waals surface area contributed by atoms with Crippen LogP contribution in [0.3, 0.4) is 0 Å². The number of hydrogen-bond acceptors (Lipinski definition) is 2. The second-order valence-corrected chi connectivity index (χ2v) is 3.06. The van der Waals surface area contributed by atoms with E-state index >= 15 is 0 Å². The van der Waals surface area contributed by atoms with E-state index in [1.165, 1.54) is 12.2 Å². The second kappa shape index (κ2) is 4.99. The summed E-state index contributed by atoms with van der Waals surface area (Å²) in [5, 5.41) is 0. The van der Waals surface area contributed by atoms with Gasteiger partial charge in [0.15, 0.2) is 17.3 Å². The van der Waals surface area contributed by atoms with Crippen molar-refractivity contribution >= 4 is 5.78 Å². The number of carbonyl (C=O) groups excluding carboxylic acids is 1. The fourth-order valence-electron chi connectivity index (χ4n) is 1.11. The lowest BCUT2D eigenvalue weighted by molar-refractivity contribution is -0.275. The van der Waals surface area contributed by atoms with Gasteiger partial charge in [0.1, 0.15) is 0 Å². The first kappa shape index (κ1) is 13.2. The molecule has 0 aromatic heterocycles. The number of rotatable bonds is 3. The minimum atomic E-state index is -4.96. The Balaban J connectivity index is 2.98. The van der Waals surface area contributed by atoms with Gasteiger partial charge in [-0.3, -0.25) is 4.79 Å². The van der Waals surface area contributed by atoms with Gasteiger partial charge in [0.25, 0.3) is 0 Å². The standard InChI is InChI=1S/C11H8F4O2/c1-2-3-9(16)7-4-5-10(8(12)6-7)17-11(13,14)15/h2-6H,1H3. The summed E-state index contributed by atoms with van der Waals surface area (Å²) in [4.78, 5) is 11.3. The van der Waals surface area contributed by atoms with E-state index in [4.69, 9.17) is 0 Å². The molecule has 1 aromatic carbocycles. The zero-order chi connectivity index (χ0) is 13.1. The first-order valence-corrected chi connectivity index (χ1v) is 4.56. The van der Waals surface area contributed by atoms with Crippen LogP contribution in [0.4, 0.5) is 17.6 Å². The van der Waals surface area contributed by atoms with Crippen LogP contribution in [0.5, 0.6) is 5.75 Å². The lowest BCUT2D eigenvalue weighted by atomic mass is 10.1. The third kappa shape index (κ3) is 3.90. The van der Waals surface area contributed by atoms with Gasteiger partial charge in [-0.15, -0.1) is 13.2 Å². The van der Waals surface area contributed by atoms with Gasteiger partial charge in [-0.25, -0.2) is 4.39 Å². The molecule has 0 radical (unpaired) electrons. The van der Waals surface area contributed by atoms with E-state index < -0.39 is 23.7 Å². The highest BCUT2D eigenvalue weighted by molar-refractivity contribution is 6.04. The summed E-state index contributed by atoms with van der Waals surface area (Å²) in [6.07, 6.45) is -2.34. The Morgan fingerprint density at radius 2 is 2.00 bits per heavy atom. The van der Waals surface area contributed by atoms with Crippen molar-refractivity contribution in [2.24, 2.45) is 0 Å². The lowest BCUT2D eigenvalue weighted by Crippen LogP contribution is -2.18. The fraction of sp³-hybridized carbons (Fsp3) is 0.182. The quantitative estimate of drug-likeness (QED) is 0.465. The molecule has 0 amide bonds. The normalized spacial score (nSPS) is 11.8. The molecular formula is C11H8F4O2. The number of ether oxygens (including phenoxy) is 1. The van der Waals surface area contributed by atoms with Crippen molar-refractivity contribution in [3.8, 4) is 5.75 Å². The van der Waals surface area contributed by atoms with Crippen molar-refractivity contribution in [1.29, 1.82) is 0 Å². The first-order chi connectivity index (χ1) is 7.83. The molecule has 1 aromatic rings. The highest BCUT2D eigenvalue weighted by atomic mass is 19.4. The molecule has 0 unspecified atom stereocenters. The van der Waals surface area contributed by atoms with Gasteiger partial charge in [-0.05, 0) is 31.2 Å². The number of halogens is 4. The molecule has 0 aliphatic heterocycles. The van der Waals surface area contributed by atoms with Crippen LogP contribution in [-0.2, 0) is 0 Å². The molecule has 92 valence electrons. The SMILES string of the molecule is CC=CC(=O)c1ccc(OC(F)(F)F)c(F)c1. The number of ketones is 1. The molecule has 2 nitrogen and oxygen atoms in total. The van der Waals surface area contributed by atoms with Gasteiger partial charge >= 0.3 is 6.36 Å². The molecule has 0 aliphatic carbocycles. The molecular weight excluding hydrogens is 240 g/mol. The van der Waals surface area contributed by atoms with Crippen molar-refractivity contribution in [3.63, 3.8) is 0 Å². The predicted octanol–water partition coefficient (Wildman–Crippen LogP) is 3.48. The molecule has 6 heteroatoms. The topological polar surface area (TPSA) is 26.3 Å². The minimum Gasteiger partial charge on any atom is -0.403 e. The summed E-state index contributed by atoms with van der Waals surface area (Å²) >= 11 is 0. The van der Waals surface area contributed by atoms with E-state index in [1.54, 1.807) is 6.92 Å². The van der Waals surface area contributed by atoms with E-state index in [0.717, 1.165) is 12.1 Å². The lowest BCUT2D eigenvalue weighted by Gasteiger charge is -2.09. The van der Waals surface area contributed by atoms with Crippen LogP contribution < -0.4 is 4.74 Å². The average molecular weight is 248 g/mol. The third-order valence-electron chi connectivity index (χ3n) is 1.76. The Morgan fingerprint density at radius 1 is 1.35 bits per heavy atom. The third-order valence-corrected chi connectivity index (χ3v) is 1.76. The van der Waals surface area contributed by atoms with Crippen LogP contribution in [0.1, 0.15) is 17.3 Å². The monoisotopic (exact) mass is 248 g/mol.